The number of nitrogens with one attached hydrogen (secondary N) is 1. The Bertz CT molecular complexity index is 332. The lowest BCUT2D eigenvalue weighted by atomic mass is 9.88. The Morgan fingerprint density at radius 1 is 1.60 bits per heavy atom. The van der Waals surface area contributed by atoms with E-state index in [1.165, 1.54) is 17.9 Å². The minimum atomic E-state index is 0.454. The number of anilines is 1. The summed E-state index contributed by atoms with van der Waals surface area (Å²) in [5.41, 5.74) is 0.454. The van der Waals surface area contributed by atoms with Crippen molar-refractivity contribution in [3.05, 3.63) is 12.3 Å². The number of aryl methyl sites for hydroxylation is 1. The van der Waals surface area contributed by atoms with E-state index in [0.29, 0.717) is 11.5 Å². The molecular formula is C11H19N3S. The average Bonchev–Trinajstić information content (AvgIpc) is 2.49. The summed E-state index contributed by atoms with van der Waals surface area (Å²) in [4.78, 5) is 0. The molecule has 1 unspecified atom stereocenters. The molecule has 2 heterocycles. The first-order valence-electron chi connectivity index (χ1n) is 5.39. The van der Waals surface area contributed by atoms with E-state index < -0.39 is 0 Å². The van der Waals surface area contributed by atoms with Crippen LogP contribution in [0.3, 0.4) is 0 Å². The maximum Gasteiger partial charge on any atom is 0.148 e. The van der Waals surface area contributed by atoms with Crippen LogP contribution >= 0.6 is 11.8 Å². The molecule has 1 aliphatic rings. The van der Waals surface area contributed by atoms with E-state index in [0.717, 1.165) is 5.82 Å². The van der Waals surface area contributed by atoms with Gasteiger partial charge >= 0.3 is 0 Å². The van der Waals surface area contributed by atoms with Crippen LogP contribution < -0.4 is 5.32 Å². The topological polar surface area (TPSA) is 29.9 Å². The third-order valence-corrected chi connectivity index (χ3v) is 4.30. The largest absolute Gasteiger partial charge is 0.365 e. The van der Waals surface area contributed by atoms with Crippen LogP contribution in [0.15, 0.2) is 12.3 Å². The van der Waals surface area contributed by atoms with Crippen molar-refractivity contribution >= 4 is 17.6 Å². The zero-order chi connectivity index (χ0) is 10.9. The molecule has 1 fully saturated rings. The molecule has 0 aliphatic carbocycles. The zero-order valence-corrected chi connectivity index (χ0v) is 10.5. The number of aromatic nitrogens is 2. The standard InChI is InChI=1S/C11H19N3S/c1-11(2)6-9(7-15-8-11)12-10-4-5-14(3)13-10/h4-5,9H,6-8H2,1-3H3,(H,12,13). The number of thioether (sulfide) groups is 1. The van der Waals surface area contributed by atoms with Crippen LogP contribution in [-0.2, 0) is 7.05 Å². The first-order chi connectivity index (χ1) is 7.05. The van der Waals surface area contributed by atoms with Gasteiger partial charge in [0.1, 0.15) is 5.82 Å². The van der Waals surface area contributed by atoms with Crippen molar-refractivity contribution in [1.29, 1.82) is 0 Å². The Labute approximate surface area is 95.6 Å². The molecule has 1 aliphatic heterocycles. The van der Waals surface area contributed by atoms with Crippen molar-refractivity contribution in [3.8, 4) is 0 Å². The summed E-state index contributed by atoms with van der Waals surface area (Å²) in [7, 11) is 1.95. The quantitative estimate of drug-likeness (QED) is 0.838. The highest BCUT2D eigenvalue weighted by atomic mass is 32.2. The smallest absolute Gasteiger partial charge is 0.148 e. The summed E-state index contributed by atoms with van der Waals surface area (Å²) in [6, 6.07) is 2.60. The maximum atomic E-state index is 4.35. The van der Waals surface area contributed by atoms with E-state index in [1.807, 2.05) is 35.8 Å². The van der Waals surface area contributed by atoms with Gasteiger partial charge in [-0.15, -0.1) is 0 Å². The number of hydrogen-bond donors (Lipinski definition) is 1. The fourth-order valence-electron chi connectivity index (χ4n) is 2.06. The molecule has 2 rings (SSSR count). The van der Waals surface area contributed by atoms with Gasteiger partial charge in [0.25, 0.3) is 0 Å². The Hall–Kier alpha value is -0.640. The van der Waals surface area contributed by atoms with Crippen LogP contribution in [0, 0.1) is 5.41 Å². The highest BCUT2D eigenvalue weighted by Crippen LogP contribution is 2.34. The van der Waals surface area contributed by atoms with Crippen LogP contribution in [0.1, 0.15) is 20.3 Å². The summed E-state index contributed by atoms with van der Waals surface area (Å²) in [5.74, 6) is 3.47. The zero-order valence-electron chi connectivity index (χ0n) is 9.66. The summed E-state index contributed by atoms with van der Waals surface area (Å²) in [5, 5.41) is 7.85. The van der Waals surface area contributed by atoms with Crippen molar-refractivity contribution in [2.24, 2.45) is 12.5 Å². The second kappa shape index (κ2) is 4.08. The van der Waals surface area contributed by atoms with Crippen molar-refractivity contribution < 1.29 is 0 Å². The SMILES string of the molecule is Cn1ccc(NC2CSCC(C)(C)C2)n1. The van der Waals surface area contributed by atoms with E-state index in [1.54, 1.807) is 0 Å². The molecule has 4 heteroatoms. The molecule has 1 atom stereocenters. The van der Waals surface area contributed by atoms with Crippen LogP contribution in [0.5, 0.6) is 0 Å². The van der Waals surface area contributed by atoms with Gasteiger partial charge in [0.05, 0.1) is 0 Å². The van der Waals surface area contributed by atoms with Crippen molar-refractivity contribution in [2.45, 2.75) is 26.3 Å². The Kier molecular flexibility index (Phi) is 2.96. The van der Waals surface area contributed by atoms with Crippen molar-refractivity contribution in [2.75, 3.05) is 16.8 Å². The van der Waals surface area contributed by atoms with Crippen molar-refractivity contribution in [1.82, 2.24) is 9.78 Å². The van der Waals surface area contributed by atoms with Gasteiger partial charge < -0.3 is 5.32 Å². The predicted molar refractivity (Wildman–Crippen MR) is 66.3 cm³/mol. The second-order valence-electron chi connectivity index (χ2n) is 5.10. The monoisotopic (exact) mass is 225 g/mol. The molecule has 0 aromatic carbocycles. The fraction of sp³-hybridized carbons (Fsp3) is 0.727. The van der Waals surface area contributed by atoms with Gasteiger partial charge in [-0.2, -0.15) is 16.9 Å². The lowest BCUT2D eigenvalue weighted by Gasteiger charge is -2.35. The molecule has 0 saturated carbocycles. The molecule has 1 N–H and O–H groups in total. The lowest BCUT2D eigenvalue weighted by molar-refractivity contribution is 0.357. The normalized spacial score (nSPS) is 25.1. The van der Waals surface area contributed by atoms with E-state index in [9.17, 15) is 0 Å². The molecule has 3 nitrogen and oxygen atoms in total. The Morgan fingerprint density at radius 3 is 3.00 bits per heavy atom. The first kappa shape index (κ1) is 10.9. The predicted octanol–water partition coefficient (Wildman–Crippen LogP) is 2.36. The number of rotatable bonds is 2. The summed E-state index contributed by atoms with van der Waals surface area (Å²) < 4.78 is 1.84. The van der Waals surface area contributed by atoms with E-state index in [4.69, 9.17) is 0 Å². The van der Waals surface area contributed by atoms with Gasteiger partial charge in [-0.1, -0.05) is 13.8 Å². The highest BCUT2D eigenvalue weighted by Gasteiger charge is 2.28. The minimum Gasteiger partial charge on any atom is -0.365 e. The van der Waals surface area contributed by atoms with E-state index >= 15 is 0 Å². The molecule has 0 radical (unpaired) electrons. The van der Waals surface area contributed by atoms with Crippen LogP contribution in [-0.4, -0.2) is 27.3 Å². The Balaban J connectivity index is 1.95. The number of nitrogens with zero attached hydrogens (tertiary/aromatic N) is 2. The van der Waals surface area contributed by atoms with Gasteiger partial charge in [-0.05, 0) is 17.6 Å². The second-order valence-corrected chi connectivity index (χ2v) is 6.13. The van der Waals surface area contributed by atoms with Gasteiger partial charge in [0.2, 0.25) is 0 Å². The molecule has 84 valence electrons. The van der Waals surface area contributed by atoms with Gasteiger partial charge in [0.15, 0.2) is 0 Å². The van der Waals surface area contributed by atoms with Crippen LogP contribution in [0.4, 0.5) is 5.82 Å². The van der Waals surface area contributed by atoms with Gasteiger partial charge in [0, 0.05) is 31.1 Å². The van der Waals surface area contributed by atoms with Crippen molar-refractivity contribution in [3.63, 3.8) is 0 Å². The summed E-state index contributed by atoms with van der Waals surface area (Å²) >= 11 is 2.04. The van der Waals surface area contributed by atoms with Gasteiger partial charge in [-0.25, -0.2) is 0 Å². The summed E-state index contributed by atoms with van der Waals surface area (Å²) in [6.07, 6.45) is 3.21. The van der Waals surface area contributed by atoms with Crippen LogP contribution in [0.25, 0.3) is 0 Å². The first-order valence-corrected chi connectivity index (χ1v) is 6.55. The molecule has 1 aromatic rings. The average molecular weight is 225 g/mol. The van der Waals surface area contributed by atoms with Crippen LogP contribution in [0.2, 0.25) is 0 Å². The highest BCUT2D eigenvalue weighted by molar-refractivity contribution is 7.99. The third kappa shape index (κ3) is 2.91. The minimum absolute atomic E-state index is 0.454. The molecular weight excluding hydrogens is 206 g/mol. The third-order valence-electron chi connectivity index (χ3n) is 2.68. The molecule has 0 amide bonds. The molecule has 0 bridgehead atoms. The maximum absolute atomic E-state index is 4.35. The number of hydrogen-bond acceptors (Lipinski definition) is 3. The Morgan fingerprint density at radius 2 is 2.40 bits per heavy atom. The van der Waals surface area contributed by atoms with Gasteiger partial charge in [-0.3, -0.25) is 4.68 Å². The fourth-order valence-corrected chi connectivity index (χ4v) is 3.33. The molecule has 1 aromatic heterocycles. The lowest BCUT2D eigenvalue weighted by Crippen LogP contribution is -2.35. The van der Waals surface area contributed by atoms with E-state index in [-0.39, 0.29) is 0 Å². The molecule has 1 saturated heterocycles. The van der Waals surface area contributed by atoms with E-state index in [2.05, 4.69) is 24.3 Å². The molecule has 15 heavy (non-hydrogen) atoms. The summed E-state index contributed by atoms with van der Waals surface area (Å²) in [6.45, 7) is 4.68. The molecule has 0 spiro atoms.